The molecule has 13 heteroatoms. The maximum Gasteiger partial charge on any atom is 0.390 e. The number of alkyl halides is 3. The van der Waals surface area contributed by atoms with Crippen molar-refractivity contribution in [3.05, 3.63) is 39.7 Å². The summed E-state index contributed by atoms with van der Waals surface area (Å²) in [5, 5.41) is 47.4. The van der Waals surface area contributed by atoms with E-state index in [1.165, 1.54) is 18.9 Å². The van der Waals surface area contributed by atoms with Crippen LogP contribution in [0, 0.1) is 11.8 Å². The Bertz CT molecular complexity index is 1340. The Morgan fingerprint density at radius 3 is 2.46 bits per heavy atom. The van der Waals surface area contributed by atoms with E-state index in [2.05, 4.69) is 5.32 Å². The number of aliphatic hydroxyl groups is 3. The number of nitrogens with zero attached hydrogens (tertiary/aromatic N) is 1. The number of phenols is 1. The molecule has 0 heterocycles. The SMILES string of the molecule is CNc1cc(CN(C)C(C)CC(F)(F)F)c(O)c2c1C[C@H]1C[C@H]3CC(=O)C(C(N)=O)=C(O)[C@@]3(O)C(=O)C1=C2O. The number of phenolic OH excluding ortho intramolecular Hbond substituents is 1. The molecule has 1 fully saturated rings. The minimum absolute atomic E-state index is 0.00766. The molecule has 1 aromatic carbocycles. The number of benzene rings is 1. The van der Waals surface area contributed by atoms with E-state index in [0.717, 1.165) is 0 Å². The van der Waals surface area contributed by atoms with Crippen LogP contribution < -0.4 is 11.1 Å². The van der Waals surface area contributed by atoms with Crippen LogP contribution in [0.3, 0.4) is 0 Å². The highest BCUT2D eigenvalue weighted by Crippen LogP contribution is 2.53. The second-order valence-electron chi connectivity index (χ2n) is 10.5. The number of rotatable bonds is 6. The summed E-state index contributed by atoms with van der Waals surface area (Å²) in [6.07, 6.45) is -5.79. The number of aromatic hydroxyl groups is 1. The maximum atomic E-state index is 13.6. The number of fused-ring (bicyclic) bond motifs is 3. The third kappa shape index (κ3) is 4.52. The lowest BCUT2D eigenvalue weighted by Crippen LogP contribution is -2.58. The van der Waals surface area contributed by atoms with Gasteiger partial charge >= 0.3 is 6.18 Å². The number of halogens is 3. The molecule has 4 rings (SSSR count). The summed E-state index contributed by atoms with van der Waals surface area (Å²) in [5.74, 6) is -7.30. The second kappa shape index (κ2) is 9.56. The fourth-order valence-electron chi connectivity index (χ4n) is 6.00. The van der Waals surface area contributed by atoms with Crippen molar-refractivity contribution in [2.24, 2.45) is 17.6 Å². The second-order valence-corrected chi connectivity index (χ2v) is 10.5. The molecule has 1 amide bonds. The summed E-state index contributed by atoms with van der Waals surface area (Å²) >= 11 is 0. The van der Waals surface area contributed by atoms with Crippen molar-refractivity contribution in [2.45, 2.75) is 57.0 Å². The summed E-state index contributed by atoms with van der Waals surface area (Å²) < 4.78 is 38.7. The Hall–Kier alpha value is -3.58. The van der Waals surface area contributed by atoms with Crippen LogP contribution in [0.15, 0.2) is 23.0 Å². The lowest BCUT2D eigenvalue weighted by molar-refractivity contribution is -0.148. The van der Waals surface area contributed by atoms with Crippen LogP contribution in [0.25, 0.3) is 5.76 Å². The number of anilines is 1. The lowest BCUT2D eigenvalue weighted by atomic mass is 9.59. The monoisotopic (exact) mass is 553 g/mol. The zero-order chi connectivity index (χ0) is 29.2. The predicted molar refractivity (Wildman–Crippen MR) is 133 cm³/mol. The molecule has 1 aromatic rings. The number of carbonyl (C=O) groups excluding carboxylic acids is 3. The number of nitrogens with one attached hydrogen (secondary N) is 1. The Morgan fingerprint density at radius 2 is 1.90 bits per heavy atom. The van der Waals surface area contributed by atoms with E-state index in [1.54, 1.807) is 13.1 Å². The molecular weight excluding hydrogens is 523 g/mol. The smallest absolute Gasteiger partial charge is 0.390 e. The van der Waals surface area contributed by atoms with Crippen molar-refractivity contribution in [2.75, 3.05) is 19.4 Å². The lowest BCUT2D eigenvalue weighted by Gasteiger charge is -2.46. The van der Waals surface area contributed by atoms with Gasteiger partial charge in [0.1, 0.15) is 22.8 Å². The largest absolute Gasteiger partial charge is 0.508 e. The number of primary amides is 1. The molecule has 0 saturated heterocycles. The molecule has 0 aromatic heterocycles. The standard InChI is InChI=1S/C26H30F3N3O7/c1-10(8-25(27,28)29)32(3)9-12-6-15(31-2)14-5-11-4-13-7-16(33)19(24(30)38)23(37)26(13,39)22(36)17(11)21(35)18(14)20(12)34/h6,10-11,13,31,34-35,37,39H,4-5,7-9H2,1-3H3,(H2,30,38)/t10?,11-,13+,26+/m1/s1. The summed E-state index contributed by atoms with van der Waals surface area (Å²) in [6.45, 7) is 1.27. The van der Waals surface area contributed by atoms with Gasteiger partial charge in [-0.1, -0.05) is 0 Å². The fourth-order valence-corrected chi connectivity index (χ4v) is 6.00. The normalized spacial score (nSPS) is 25.8. The van der Waals surface area contributed by atoms with Gasteiger partial charge in [0.25, 0.3) is 5.91 Å². The topological polar surface area (TPSA) is 173 Å². The molecule has 1 unspecified atom stereocenters. The van der Waals surface area contributed by atoms with Gasteiger partial charge < -0.3 is 31.5 Å². The van der Waals surface area contributed by atoms with Crippen LogP contribution in [0.2, 0.25) is 0 Å². The van der Waals surface area contributed by atoms with E-state index >= 15 is 0 Å². The fraction of sp³-hybridized carbons (Fsp3) is 0.500. The van der Waals surface area contributed by atoms with Gasteiger partial charge in [-0.3, -0.25) is 19.3 Å². The van der Waals surface area contributed by atoms with E-state index in [-0.39, 0.29) is 36.1 Å². The van der Waals surface area contributed by atoms with Crippen LogP contribution in [-0.2, 0) is 27.3 Å². The summed E-state index contributed by atoms with van der Waals surface area (Å²) in [4.78, 5) is 39.2. The molecule has 3 aliphatic rings. The first-order chi connectivity index (χ1) is 18.0. The Morgan fingerprint density at radius 1 is 1.26 bits per heavy atom. The Labute approximate surface area is 221 Å². The molecule has 212 valence electrons. The molecule has 1 saturated carbocycles. The molecule has 0 radical (unpaired) electrons. The number of ketones is 2. The highest BCUT2D eigenvalue weighted by Gasteiger charge is 2.60. The first kappa shape index (κ1) is 28.4. The van der Waals surface area contributed by atoms with Crippen LogP contribution >= 0.6 is 0 Å². The van der Waals surface area contributed by atoms with Crippen molar-refractivity contribution in [3.8, 4) is 5.75 Å². The van der Waals surface area contributed by atoms with Gasteiger partial charge in [-0.05, 0) is 44.4 Å². The number of nitrogens with two attached hydrogens (primary N) is 1. The third-order valence-corrected chi connectivity index (χ3v) is 8.11. The number of aliphatic hydroxyl groups excluding tert-OH is 2. The minimum Gasteiger partial charge on any atom is -0.508 e. The van der Waals surface area contributed by atoms with Crippen molar-refractivity contribution in [1.29, 1.82) is 0 Å². The first-order valence-corrected chi connectivity index (χ1v) is 12.3. The van der Waals surface area contributed by atoms with Gasteiger partial charge in [0, 0.05) is 48.8 Å². The molecule has 10 nitrogen and oxygen atoms in total. The zero-order valence-electron chi connectivity index (χ0n) is 21.5. The van der Waals surface area contributed by atoms with Gasteiger partial charge in [-0.15, -0.1) is 0 Å². The Balaban J connectivity index is 1.82. The van der Waals surface area contributed by atoms with Crippen LogP contribution in [0.5, 0.6) is 5.75 Å². The maximum absolute atomic E-state index is 13.6. The third-order valence-electron chi connectivity index (χ3n) is 8.11. The molecular formula is C26H30F3N3O7. The highest BCUT2D eigenvalue weighted by molar-refractivity contribution is 6.22. The average Bonchev–Trinajstić information content (AvgIpc) is 2.81. The molecule has 3 aliphatic carbocycles. The van der Waals surface area contributed by atoms with E-state index in [9.17, 15) is 48.0 Å². The Kier molecular flexibility index (Phi) is 6.97. The van der Waals surface area contributed by atoms with Crippen molar-refractivity contribution in [3.63, 3.8) is 0 Å². The van der Waals surface area contributed by atoms with Crippen molar-refractivity contribution < 1.29 is 48.0 Å². The number of amides is 1. The molecule has 4 atom stereocenters. The van der Waals surface area contributed by atoms with Crippen LogP contribution in [-0.4, -0.2) is 74.7 Å². The van der Waals surface area contributed by atoms with E-state index in [1.807, 2.05) is 0 Å². The van der Waals surface area contributed by atoms with Gasteiger partial charge in [0.05, 0.1) is 12.0 Å². The van der Waals surface area contributed by atoms with E-state index in [4.69, 9.17) is 5.73 Å². The molecule has 0 aliphatic heterocycles. The number of Topliss-reactive ketones (excluding diaryl/α,β-unsaturated/α-hetero) is 2. The van der Waals surface area contributed by atoms with Crippen LogP contribution in [0.4, 0.5) is 18.9 Å². The predicted octanol–water partition coefficient (Wildman–Crippen LogP) is 2.24. The molecule has 0 bridgehead atoms. The van der Waals surface area contributed by atoms with E-state index < -0.39 is 82.8 Å². The quantitative estimate of drug-likeness (QED) is 0.228. The minimum atomic E-state index is -4.39. The number of hydrogen-bond acceptors (Lipinski definition) is 9. The van der Waals surface area contributed by atoms with Gasteiger partial charge in [0.2, 0.25) is 5.78 Å². The number of carbonyl (C=O) groups is 3. The summed E-state index contributed by atoms with van der Waals surface area (Å²) in [7, 11) is 3.04. The molecule has 0 spiro atoms. The average molecular weight is 554 g/mol. The van der Waals surface area contributed by atoms with Gasteiger partial charge in [-0.2, -0.15) is 13.2 Å². The van der Waals surface area contributed by atoms with Crippen molar-refractivity contribution in [1.82, 2.24) is 4.90 Å². The zero-order valence-corrected chi connectivity index (χ0v) is 21.5. The number of hydrogen-bond donors (Lipinski definition) is 6. The van der Waals surface area contributed by atoms with E-state index in [0.29, 0.717) is 11.3 Å². The van der Waals surface area contributed by atoms with Gasteiger partial charge in [-0.25, -0.2) is 0 Å². The summed E-state index contributed by atoms with van der Waals surface area (Å²) in [5.41, 5.74) is 2.30. The molecule has 39 heavy (non-hydrogen) atoms. The summed E-state index contributed by atoms with van der Waals surface area (Å²) in [6, 6.07) is 0.631. The van der Waals surface area contributed by atoms with Crippen molar-refractivity contribution >= 4 is 28.9 Å². The first-order valence-electron chi connectivity index (χ1n) is 12.3. The van der Waals surface area contributed by atoms with Crippen LogP contribution in [0.1, 0.15) is 42.9 Å². The van der Waals surface area contributed by atoms with Gasteiger partial charge in [0.15, 0.2) is 11.4 Å². The highest BCUT2D eigenvalue weighted by atomic mass is 19.4. The molecule has 7 N–H and O–H groups in total.